The Labute approximate surface area is 189 Å². The normalized spacial score (nSPS) is 16.3. The van der Waals surface area contributed by atoms with Gasteiger partial charge in [-0.05, 0) is 6.42 Å². The van der Waals surface area contributed by atoms with E-state index < -0.39 is 59.5 Å². The molecule has 0 radical (unpaired) electrons. The number of nitrogens with zero attached hydrogens (tertiary/aromatic N) is 5. The summed E-state index contributed by atoms with van der Waals surface area (Å²) in [5.74, 6) is -6.51. The van der Waals surface area contributed by atoms with Crippen LogP contribution in [0.5, 0.6) is 0 Å². The molecule has 3 rings (SSSR count). The summed E-state index contributed by atoms with van der Waals surface area (Å²) in [6.07, 6.45) is 0.555. The highest BCUT2D eigenvalue weighted by atomic mass is 19.1. The van der Waals surface area contributed by atoms with Gasteiger partial charge in [0.05, 0.1) is 11.9 Å². The van der Waals surface area contributed by atoms with Crippen molar-refractivity contribution in [3.8, 4) is 0 Å². The number of hydrogen-bond donors (Lipinski definition) is 7. The summed E-state index contributed by atoms with van der Waals surface area (Å²) in [4.78, 5) is 55.0. The van der Waals surface area contributed by atoms with E-state index in [4.69, 9.17) is 11.1 Å². The van der Waals surface area contributed by atoms with Gasteiger partial charge in [-0.15, -0.1) is 10.2 Å². The van der Waals surface area contributed by atoms with E-state index >= 15 is 0 Å². The van der Waals surface area contributed by atoms with Crippen LogP contribution in [0, 0.1) is 17.1 Å². The van der Waals surface area contributed by atoms with E-state index in [1.165, 1.54) is 0 Å². The lowest BCUT2D eigenvalue weighted by molar-refractivity contribution is -0.139. The second kappa shape index (κ2) is 10.2. The van der Waals surface area contributed by atoms with Crippen molar-refractivity contribution in [1.29, 1.82) is 5.41 Å². The molecule has 0 saturated carbocycles. The third kappa shape index (κ3) is 5.90. The van der Waals surface area contributed by atoms with Gasteiger partial charge in [-0.2, -0.15) is 10.2 Å². The van der Waals surface area contributed by atoms with Crippen LogP contribution in [-0.4, -0.2) is 72.2 Å². The molecule has 16 nitrogen and oxygen atoms in total. The number of amides is 3. The number of aryl methyl sites for hydroxylation is 1. The molecule has 34 heavy (non-hydrogen) atoms. The number of aliphatic carboxylic acids is 1. The van der Waals surface area contributed by atoms with Gasteiger partial charge in [0.15, 0.2) is 17.3 Å². The molecular weight excluding hydrogens is 457 g/mol. The number of aliphatic imine (C=N–C) groups is 1. The minimum absolute atomic E-state index is 0.0863. The molecule has 0 fully saturated rings. The van der Waals surface area contributed by atoms with Gasteiger partial charge in [-0.3, -0.25) is 25.1 Å². The molecule has 1 aliphatic heterocycles. The minimum Gasteiger partial charge on any atom is -0.480 e. The highest BCUT2D eigenvalue weighted by Gasteiger charge is 2.30. The van der Waals surface area contributed by atoms with Gasteiger partial charge in [0.25, 0.3) is 5.91 Å². The molecule has 1 aliphatic rings. The number of carbonyl (C=O) groups is 4. The Morgan fingerprint density at radius 3 is 2.74 bits per heavy atom. The highest BCUT2D eigenvalue weighted by molar-refractivity contribution is 6.17. The molecule has 0 aliphatic carbocycles. The fourth-order valence-electron chi connectivity index (χ4n) is 2.89. The fourth-order valence-corrected chi connectivity index (χ4v) is 2.89. The zero-order valence-corrected chi connectivity index (χ0v) is 17.2. The number of amidine groups is 1. The summed E-state index contributed by atoms with van der Waals surface area (Å²) in [7, 11) is 0. The molecule has 0 bridgehead atoms. The zero-order valence-electron chi connectivity index (χ0n) is 17.2. The Morgan fingerprint density at radius 2 is 2.12 bits per heavy atom. The Morgan fingerprint density at radius 1 is 1.35 bits per heavy atom. The van der Waals surface area contributed by atoms with Crippen molar-refractivity contribution in [3.05, 3.63) is 29.6 Å². The van der Waals surface area contributed by atoms with E-state index in [-0.39, 0.29) is 30.2 Å². The number of aromatic amines is 1. The number of tetrazole rings is 1. The number of nitrogens with two attached hydrogens (primary N) is 1. The van der Waals surface area contributed by atoms with Crippen LogP contribution in [-0.2, 0) is 20.8 Å². The summed E-state index contributed by atoms with van der Waals surface area (Å²) in [5.41, 5.74) is 4.78. The Hall–Kier alpha value is -4.83. The third-order valence-corrected chi connectivity index (χ3v) is 4.53. The van der Waals surface area contributed by atoms with E-state index in [0.717, 1.165) is 12.3 Å². The number of guanidine groups is 1. The Kier molecular flexibility index (Phi) is 7.14. The Balaban J connectivity index is 1.61. The van der Waals surface area contributed by atoms with Crippen LogP contribution in [0.25, 0.3) is 0 Å². The van der Waals surface area contributed by atoms with Gasteiger partial charge in [0.2, 0.25) is 17.8 Å². The number of rotatable bonds is 9. The number of carboxylic acid groups (broad SMARTS) is 1. The SMILES string of the molecule is N=C1N=C(N)C(CC(=O)Nc2cnc(C(=O)N[C@@H](CCc3nn[nH]n3)C(=O)O)c(F)c2)C(=O)N1. The van der Waals surface area contributed by atoms with Crippen molar-refractivity contribution < 1.29 is 28.7 Å². The number of H-pyrrole nitrogens is 1. The molecule has 3 amide bonds. The van der Waals surface area contributed by atoms with Crippen molar-refractivity contribution >= 4 is 41.2 Å². The van der Waals surface area contributed by atoms with Gasteiger partial charge in [0.1, 0.15) is 17.8 Å². The zero-order chi connectivity index (χ0) is 24.8. The fraction of sp³-hybridized carbons (Fsp3) is 0.294. The van der Waals surface area contributed by atoms with Gasteiger partial charge < -0.3 is 21.5 Å². The van der Waals surface area contributed by atoms with Crippen LogP contribution < -0.4 is 21.7 Å². The molecule has 8 N–H and O–H groups in total. The van der Waals surface area contributed by atoms with Crippen molar-refractivity contribution in [2.45, 2.75) is 25.3 Å². The van der Waals surface area contributed by atoms with Crippen LogP contribution >= 0.6 is 0 Å². The molecule has 1 unspecified atom stereocenters. The molecule has 3 heterocycles. The van der Waals surface area contributed by atoms with Crippen LogP contribution in [0.15, 0.2) is 17.3 Å². The first-order valence-electron chi connectivity index (χ1n) is 9.59. The molecule has 0 saturated heterocycles. The maximum Gasteiger partial charge on any atom is 0.326 e. The summed E-state index contributed by atoms with van der Waals surface area (Å²) in [6.45, 7) is 0. The molecule has 0 spiro atoms. The highest BCUT2D eigenvalue weighted by Crippen LogP contribution is 2.15. The van der Waals surface area contributed by atoms with Crippen molar-refractivity contribution in [2.24, 2.45) is 16.6 Å². The first kappa shape index (κ1) is 23.8. The third-order valence-electron chi connectivity index (χ3n) is 4.53. The number of hydrogen-bond acceptors (Lipinski definition) is 10. The van der Waals surface area contributed by atoms with Gasteiger partial charge in [-0.1, -0.05) is 5.21 Å². The number of carbonyl (C=O) groups excluding carboxylic acids is 3. The van der Waals surface area contributed by atoms with Crippen LogP contribution in [0.3, 0.4) is 0 Å². The standard InChI is InChI=1S/C17H18FN11O5/c18-8-3-6(22-11(30)4-7-13(19)24-17(20)25-14(7)31)5-21-12(8)15(32)23-9(16(33)34)1-2-10-26-28-29-27-10/h3,5,7,9H,1-2,4H2,(H,22,30)(H,23,32)(H,33,34)(H,26,27,28,29)(H4,19,20,24,25,31)/t7?,9-/m0/s1. The topological polar surface area (TPSA) is 254 Å². The number of nitrogens with one attached hydrogen (secondary N) is 5. The molecule has 2 atom stereocenters. The van der Waals surface area contributed by atoms with Crippen molar-refractivity contribution in [2.75, 3.05) is 5.32 Å². The van der Waals surface area contributed by atoms with Crippen molar-refractivity contribution in [3.63, 3.8) is 0 Å². The smallest absolute Gasteiger partial charge is 0.326 e. The molecule has 2 aromatic heterocycles. The second-order valence-corrected chi connectivity index (χ2v) is 6.96. The lowest BCUT2D eigenvalue weighted by Gasteiger charge is -2.19. The monoisotopic (exact) mass is 475 g/mol. The van der Waals surface area contributed by atoms with E-state index in [1.54, 1.807) is 0 Å². The van der Waals surface area contributed by atoms with E-state index in [9.17, 15) is 28.7 Å². The number of halogens is 1. The number of carboxylic acids is 1. The quantitative estimate of drug-likeness (QED) is 0.208. The number of aromatic nitrogens is 5. The van der Waals surface area contributed by atoms with Crippen LogP contribution in [0.4, 0.5) is 10.1 Å². The summed E-state index contributed by atoms with van der Waals surface area (Å²) >= 11 is 0. The second-order valence-electron chi connectivity index (χ2n) is 6.96. The van der Waals surface area contributed by atoms with Gasteiger partial charge in [-0.25, -0.2) is 14.2 Å². The van der Waals surface area contributed by atoms with Crippen LogP contribution in [0.1, 0.15) is 29.2 Å². The van der Waals surface area contributed by atoms with E-state index in [1.807, 2.05) is 0 Å². The molecule has 2 aromatic rings. The van der Waals surface area contributed by atoms with Crippen molar-refractivity contribution in [1.82, 2.24) is 36.2 Å². The molecule has 178 valence electrons. The van der Waals surface area contributed by atoms with Crippen LogP contribution in [0.2, 0.25) is 0 Å². The van der Waals surface area contributed by atoms with E-state index in [0.29, 0.717) is 0 Å². The largest absolute Gasteiger partial charge is 0.480 e. The molecular formula is C17H18FN11O5. The average molecular weight is 475 g/mol. The van der Waals surface area contributed by atoms with Gasteiger partial charge in [0, 0.05) is 18.9 Å². The predicted molar refractivity (Wildman–Crippen MR) is 110 cm³/mol. The van der Waals surface area contributed by atoms with E-state index in [2.05, 4.69) is 46.6 Å². The van der Waals surface area contributed by atoms with Gasteiger partial charge >= 0.3 is 5.97 Å². The predicted octanol–water partition coefficient (Wildman–Crippen LogP) is -2.08. The lowest BCUT2D eigenvalue weighted by atomic mass is 10.0. The summed E-state index contributed by atoms with van der Waals surface area (Å²) < 4.78 is 14.5. The number of anilines is 1. The average Bonchev–Trinajstić information content (AvgIpc) is 3.27. The minimum atomic E-state index is -1.37. The first-order chi connectivity index (χ1) is 16.1. The summed E-state index contributed by atoms with van der Waals surface area (Å²) in [5, 5.41) is 36.1. The molecule has 0 aromatic carbocycles. The maximum atomic E-state index is 14.5. The maximum absolute atomic E-state index is 14.5. The number of pyridine rings is 1. The first-order valence-corrected chi connectivity index (χ1v) is 9.59. The lowest BCUT2D eigenvalue weighted by Crippen LogP contribution is -2.47. The summed E-state index contributed by atoms with van der Waals surface area (Å²) in [6, 6.07) is -0.565. The Bertz CT molecular complexity index is 1170. The molecule has 17 heteroatoms.